The molecule has 2 unspecified atom stereocenters. The van der Waals surface area contributed by atoms with E-state index >= 15 is 0 Å². The summed E-state index contributed by atoms with van der Waals surface area (Å²) in [5.74, 6) is -2.49. The number of nitrogens with one attached hydrogen (secondary N) is 1. The molecule has 0 aromatic heterocycles. The van der Waals surface area contributed by atoms with Crippen molar-refractivity contribution in [2.75, 3.05) is 13.1 Å². The van der Waals surface area contributed by atoms with Gasteiger partial charge in [0.15, 0.2) is 6.23 Å². The van der Waals surface area contributed by atoms with Gasteiger partial charge in [0, 0.05) is 18.7 Å². The first-order valence-electron chi connectivity index (χ1n) is 7.19. The number of hydrogen-bond donors (Lipinski definition) is 1. The molecular formula is C15H15F3N2O3. The molecule has 0 aliphatic carbocycles. The summed E-state index contributed by atoms with van der Waals surface area (Å²) in [5, 5.41) is 2.75. The Morgan fingerprint density at radius 3 is 2.83 bits per heavy atom. The van der Waals surface area contributed by atoms with Crippen molar-refractivity contribution < 1.29 is 27.5 Å². The van der Waals surface area contributed by atoms with E-state index in [1.807, 2.05) is 13.0 Å². The number of esters is 1. The van der Waals surface area contributed by atoms with E-state index in [1.165, 1.54) is 4.90 Å². The van der Waals surface area contributed by atoms with Gasteiger partial charge in [-0.15, -0.1) is 0 Å². The molecule has 8 heteroatoms. The van der Waals surface area contributed by atoms with Crippen molar-refractivity contribution in [2.45, 2.75) is 31.8 Å². The number of alkyl halides is 3. The lowest BCUT2D eigenvalue weighted by Crippen LogP contribution is -2.63. The molecule has 2 atom stereocenters. The molecule has 2 heterocycles. The van der Waals surface area contributed by atoms with Crippen LogP contribution >= 0.6 is 0 Å². The SMILES string of the molecule is Cc1ccc2c(c1)C(=O)N1CCNC(OC(=O)C(F)(F)F)C1C2. The summed E-state index contributed by atoms with van der Waals surface area (Å²) in [6.45, 7) is 2.49. The Kier molecular flexibility index (Phi) is 3.79. The van der Waals surface area contributed by atoms with Gasteiger partial charge in [-0.3, -0.25) is 10.1 Å². The van der Waals surface area contributed by atoms with Crippen molar-refractivity contribution in [1.82, 2.24) is 10.2 Å². The van der Waals surface area contributed by atoms with E-state index in [0.717, 1.165) is 11.1 Å². The highest BCUT2D eigenvalue weighted by atomic mass is 19.4. The standard InChI is InChI=1S/C15H15F3N2O3/c1-8-2-3-9-7-11-12(23-14(22)15(16,17)18)19-4-5-20(11)13(21)10(9)6-8/h2-3,6,11-12,19H,4-5,7H2,1H3. The van der Waals surface area contributed by atoms with Crippen LogP contribution in [-0.2, 0) is 16.0 Å². The number of carbonyl (C=O) groups excluding carboxylic acids is 2. The van der Waals surface area contributed by atoms with Crippen LogP contribution in [0.4, 0.5) is 13.2 Å². The molecule has 0 saturated carbocycles. The van der Waals surface area contributed by atoms with E-state index in [-0.39, 0.29) is 12.5 Å². The van der Waals surface area contributed by atoms with Gasteiger partial charge < -0.3 is 9.64 Å². The second-order valence-corrected chi connectivity index (χ2v) is 5.71. The van der Waals surface area contributed by atoms with Gasteiger partial charge in [0.25, 0.3) is 5.91 Å². The number of carbonyl (C=O) groups is 2. The minimum absolute atomic E-state index is 0.241. The van der Waals surface area contributed by atoms with E-state index in [0.29, 0.717) is 18.5 Å². The zero-order valence-corrected chi connectivity index (χ0v) is 12.3. The van der Waals surface area contributed by atoms with Crippen LogP contribution in [0.3, 0.4) is 0 Å². The van der Waals surface area contributed by atoms with Crippen LogP contribution in [0, 0.1) is 6.92 Å². The van der Waals surface area contributed by atoms with Crippen molar-refractivity contribution in [3.63, 3.8) is 0 Å². The predicted molar refractivity (Wildman–Crippen MR) is 73.6 cm³/mol. The number of benzene rings is 1. The third kappa shape index (κ3) is 2.90. The average molecular weight is 328 g/mol. The van der Waals surface area contributed by atoms with Crippen molar-refractivity contribution in [2.24, 2.45) is 0 Å². The van der Waals surface area contributed by atoms with Gasteiger partial charge >= 0.3 is 12.1 Å². The topological polar surface area (TPSA) is 58.6 Å². The highest BCUT2D eigenvalue weighted by molar-refractivity contribution is 5.97. The molecule has 1 N–H and O–H groups in total. The maximum Gasteiger partial charge on any atom is 0.490 e. The number of aryl methyl sites for hydroxylation is 1. The molecule has 1 amide bonds. The summed E-state index contributed by atoms with van der Waals surface area (Å²) in [4.78, 5) is 25.1. The third-order valence-corrected chi connectivity index (χ3v) is 4.10. The lowest BCUT2D eigenvalue weighted by molar-refractivity contribution is -0.210. The fourth-order valence-corrected chi connectivity index (χ4v) is 3.01. The van der Waals surface area contributed by atoms with Gasteiger partial charge in [-0.05, 0) is 25.0 Å². The lowest BCUT2D eigenvalue weighted by atomic mass is 9.90. The molecule has 0 radical (unpaired) electrons. The molecule has 0 bridgehead atoms. The molecule has 3 rings (SSSR count). The molecule has 0 spiro atoms. The monoisotopic (exact) mass is 328 g/mol. The summed E-state index contributed by atoms with van der Waals surface area (Å²) in [6, 6.07) is 4.76. The van der Waals surface area contributed by atoms with Crippen molar-refractivity contribution in [3.8, 4) is 0 Å². The van der Waals surface area contributed by atoms with Crippen molar-refractivity contribution >= 4 is 11.9 Å². The predicted octanol–water partition coefficient (Wildman–Crippen LogP) is 1.40. The van der Waals surface area contributed by atoms with E-state index < -0.39 is 24.4 Å². The van der Waals surface area contributed by atoms with E-state index in [4.69, 9.17) is 0 Å². The first-order valence-corrected chi connectivity index (χ1v) is 7.19. The number of piperazine rings is 1. The Bertz CT molecular complexity index is 660. The van der Waals surface area contributed by atoms with Crippen LogP contribution in [0.5, 0.6) is 0 Å². The number of halogens is 3. The fraction of sp³-hybridized carbons (Fsp3) is 0.467. The van der Waals surface area contributed by atoms with Gasteiger partial charge in [-0.25, -0.2) is 4.79 Å². The van der Waals surface area contributed by atoms with Gasteiger partial charge in [0.1, 0.15) is 0 Å². The second-order valence-electron chi connectivity index (χ2n) is 5.71. The summed E-state index contributed by atoms with van der Waals surface area (Å²) in [6.07, 6.45) is -5.89. The molecule has 2 aliphatic rings. The molecule has 5 nitrogen and oxygen atoms in total. The lowest BCUT2D eigenvalue weighted by Gasteiger charge is -2.44. The molecule has 1 aromatic carbocycles. The maximum absolute atomic E-state index is 12.6. The highest BCUT2D eigenvalue weighted by Crippen LogP contribution is 2.29. The smallest absolute Gasteiger partial charge is 0.438 e. The summed E-state index contributed by atoms with van der Waals surface area (Å²) < 4.78 is 41.8. The Morgan fingerprint density at radius 1 is 1.39 bits per heavy atom. The van der Waals surface area contributed by atoms with Crippen molar-refractivity contribution in [1.29, 1.82) is 0 Å². The molecule has 1 fully saturated rings. The van der Waals surface area contributed by atoms with Crippen molar-refractivity contribution in [3.05, 3.63) is 34.9 Å². The number of amides is 1. The fourth-order valence-electron chi connectivity index (χ4n) is 3.01. The number of hydrogen-bond acceptors (Lipinski definition) is 4. The van der Waals surface area contributed by atoms with Crippen LogP contribution in [-0.4, -0.2) is 48.3 Å². The zero-order valence-electron chi connectivity index (χ0n) is 12.3. The number of fused-ring (bicyclic) bond motifs is 2. The van der Waals surface area contributed by atoms with E-state index in [2.05, 4.69) is 10.1 Å². The maximum atomic E-state index is 12.6. The molecule has 1 aromatic rings. The summed E-state index contributed by atoms with van der Waals surface area (Å²) in [5.41, 5.74) is 2.24. The van der Waals surface area contributed by atoms with Gasteiger partial charge in [-0.2, -0.15) is 13.2 Å². The Labute approximate surface area is 130 Å². The van der Waals surface area contributed by atoms with Crippen LogP contribution < -0.4 is 5.32 Å². The average Bonchev–Trinajstić information content (AvgIpc) is 2.48. The van der Waals surface area contributed by atoms with E-state index in [1.54, 1.807) is 12.1 Å². The minimum Gasteiger partial charge on any atom is -0.438 e. The molecular weight excluding hydrogens is 313 g/mol. The van der Waals surface area contributed by atoms with Gasteiger partial charge in [-0.1, -0.05) is 17.7 Å². The molecule has 1 saturated heterocycles. The van der Waals surface area contributed by atoms with Crippen LogP contribution in [0.15, 0.2) is 18.2 Å². The van der Waals surface area contributed by atoms with Crippen LogP contribution in [0.25, 0.3) is 0 Å². The molecule has 23 heavy (non-hydrogen) atoms. The van der Waals surface area contributed by atoms with Crippen LogP contribution in [0.1, 0.15) is 21.5 Å². The molecule has 2 aliphatic heterocycles. The zero-order chi connectivity index (χ0) is 16.8. The quantitative estimate of drug-likeness (QED) is 0.792. The Balaban J connectivity index is 1.87. The first kappa shape index (κ1) is 15.8. The summed E-state index contributed by atoms with van der Waals surface area (Å²) >= 11 is 0. The third-order valence-electron chi connectivity index (χ3n) is 4.10. The van der Waals surface area contributed by atoms with Gasteiger partial charge in [0.2, 0.25) is 0 Å². The second kappa shape index (κ2) is 5.52. The normalized spacial score (nSPS) is 24.0. The Hall–Kier alpha value is -2.09. The molecule has 124 valence electrons. The first-order chi connectivity index (χ1) is 10.8. The number of nitrogens with zero attached hydrogens (tertiary/aromatic N) is 1. The number of ether oxygens (including phenoxy) is 1. The minimum atomic E-state index is -5.06. The summed E-state index contributed by atoms with van der Waals surface area (Å²) in [7, 11) is 0. The highest BCUT2D eigenvalue weighted by Gasteiger charge is 2.46. The van der Waals surface area contributed by atoms with Gasteiger partial charge in [0.05, 0.1) is 6.04 Å². The number of rotatable bonds is 1. The van der Waals surface area contributed by atoms with Crippen LogP contribution in [0.2, 0.25) is 0 Å². The largest absolute Gasteiger partial charge is 0.490 e. The Morgan fingerprint density at radius 2 is 2.13 bits per heavy atom. The van der Waals surface area contributed by atoms with E-state index in [9.17, 15) is 22.8 Å².